The first-order chi connectivity index (χ1) is 40.4. The third-order valence-corrected chi connectivity index (χ3v) is 18.1. The highest BCUT2D eigenvalue weighted by molar-refractivity contribution is 7.89. The molecule has 4 aromatic rings. The molecule has 2 saturated heterocycles. The van der Waals surface area contributed by atoms with E-state index in [0.717, 1.165) is 0 Å². The number of likely N-dealkylation sites (tertiary alicyclic amines) is 2. The summed E-state index contributed by atoms with van der Waals surface area (Å²) in [6, 6.07) is 16.7. The van der Waals surface area contributed by atoms with E-state index in [1.807, 2.05) is 0 Å². The normalized spacial score (nSPS) is 20.6. The summed E-state index contributed by atoms with van der Waals surface area (Å²) in [4.78, 5) is 28.5. The van der Waals surface area contributed by atoms with Crippen LogP contribution in [0, 0.1) is 11.6 Å². The van der Waals surface area contributed by atoms with Gasteiger partial charge in [0.15, 0.2) is 0 Å². The van der Waals surface area contributed by atoms with Crippen LogP contribution in [0.1, 0.15) is 60.1 Å². The van der Waals surface area contributed by atoms with Gasteiger partial charge in [-0.05, 0) is 122 Å². The number of unbranched alkanes of at least 4 members (excludes halogenated alkanes) is 1. The number of fused-ring (bicyclic) bond motifs is 2. The number of benzene rings is 4. The molecule has 22 nitrogen and oxygen atoms in total. The zero-order chi connectivity index (χ0) is 59.6. The molecule has 462 valence electrons. The van der Waals surface area contributed by atoms with E-state index in [1.54, 1.807) is 36.4 Å². The number of carbonyl (C=O) groups excluding carboxylic acids is 2. The lowest BCUT2D eigenvalue weighted by molar-refractivity contribution is 0.0516. The van der Waals surface area contributed by atoms with E-state index < -0.39 is 56.1 Å². The highest BCUT2D eigenvalue weighted by Crippen LogP contribution is 2.43. The average molecular weight is 1260 g/mol. The second kappa shape index (κ2) is 31.6. The van der Waals surface area contributed by atoms with E-state index in [9.17, 15) is 45.4 Å². The lowest BCUT2D eigenvalue weighted by Gasteiger charge is -2.30. The van der Waals surface area contributed by atoms with Crippen LogP contribution in [-0.4, -0.2) is 192 Å². The number of hydrogen-bond acceptors (Lipinski definition) is 16. The molecule has 2 fully saturated rings. The minimum atomic E-state index is -3.86. The number of β-amino-alcohol motifs (C(OH)–C–C–N with tert-alkyl or cyclic N) is 2. The van der Waals surface area contributed by atoms with Crippen molar-refractivity contribution >= 4 is 55.3 Å². The molecule has 4 aromatic carbocycles. The number of nitrogens with zero attached hydrogens (tertiary/aromatic N) is 2. The maximum Gasteiger partial charge on any atom is 0.314 e. The second-order valence-corrected chi connectivity index (χ2v) is 25.1. The van der Waals surface area contributed by atoms with Gasteiger partial charge in [0, 0.05) is 86.6 Å². The highest BCUT2D eigenvalue weighted by atomic mass is 35.5. The zero-order valence-electron chi connectivity index (χ0n) is 46.4. The van der Waals surface area contributed by atoms with Crippen LogP contribution in [0.3, 0.4) is 0 Å². The van der Waals surface area contributed by atoms with E-state index in [4.69, 9.17) is 51.6 Å². The van der Waals surface area contributed by atoms with Crippen molar-refractivity contribution in [2.24, 2.45) is 0 Å². The summed E-state index contributed by atoms with van der Waals surface area (Å²) in [6.45, 7) is 5.07. The maximum atomic E-state index is 14.9. The number of urea groups is 2. The Kier molecular flexibility index (Phi) is 24.4. The number of ether oxygens (including phenoxy) is 6. The number of halogens is 4. The number of aliphatic hydroxyl groups excluding tert-OH is 2. The van der Waals surface area contributed by atoms with Crippen LogP contribution >= 0.6 is 23.2 Å². The molecule has 4 aliphatic rings. The van der Waals surface area contributed by atoms with E-state index in [-0.39, 0.29) is 123 Å². The molecule has 0 spiro atoms. The fourth-order valence-electron chi connectivity index (χ4n) is 10.5. The van der Waals surface area contributed by atoms with E-state index in [0.29, 0.717) is 112 Å². The number of amides is 4. The fourth-order valence-corrected chi connectivity index (χ4v) is 13.0. The summed E-state index contributed by atoms with van der Waals surface area (Å²) in [7, 11) is -7.72. The Labute approximate surface area is 498 Å². The Bertz CT molecular complexity index is 2840. The van der Waals surface area contributed by atoms with Gasteiger partial charge < -0.3 is 59.9 Å². The summed E-state index contributed by atoms with van der Waals surface area (Å²) in [6.07, 6.45) is 1.19. The number of rotatable bonds is 33. The van der Waals surface area contributed by atoms with Crippen LogP contribution in [0.4, 0.5) is 18.4 Å². The van der Waals surface area contributed by atoms with Crippen molar-refractivity contribution in [3.05, 3.63) is 117 Å². The molecular formula is C56H74Cl2F2N8O14S2. The van der Waals surface area contributed by atoms with Gasteiger partial charge in [-0.2, -0.15) is 0 Å². The van der Waals surface area contributed by atoms with E-state index >= 15 is 0 Å². The Hall–Kier alpha value is -5.04. The monoisotopic (exact) mass is 1250 g/mol. The summed E-state index contributed by atoms with van der Waals surface area (Å²) < 4.78 is 121. The summed E-state index contributed by atoms with van der Waals surface area (Å²) >= 11 is 12.4. The maximum absolute atomic E-state index is 14.9. The first-order valence-corrected chi connectivity index (χ1v) is 31.8. The number of aliphatic hydroxyl groups is 2. The molecule has 2 heterocycles. The van der Waals surface area contributed by atoms with E-state index in [2.05, 4.69) is 40.5 Å². The molecule has 2 aliphatic heterocycles. The second-order valence-electron chi connectivity index (χ2n) is 20.7. The minimum absolute atomic E-state index is 0.0191. The average Bonchev–Trinajstić information content (AvgIpc) is 3.45. The van der Waals surface area contributed by atoms with Crippen molar-refractivity contribution in [3.63, 3.8) is 0 Å². The smallest absolute Gasteiger partial charge is 0.314 e. The van der Waals surface area contributed by atoms with Gasteiger partial charge >= 0.3 is 12.1 Å². The molecule has 84 heavy (non-hydrogen) atoms. The predicted molar refractivity (Wildman–Crippen MR) is 308 cm³/mol. The highest BCUT2D eigenvalue weighted by Gasteiger charge is 2.44. The Morgan fingerprint density at radius 2 is 0.881 bits per heavy atom. The third-order valence-electron chi connectivity index (χ3n) is 14.7. The Morgan fingerprint density at radius 3 is 1.24 bits per heavy atom. The van der Waals surface area contributed by atoms with Crippen molar-refractivity contribution in [2.45, 2.75) is 84.8 Å². The molecule has 4 amide bonds. The number of sulfonamides is 2. The lowest BCUT2D eigenvalue weighted by Crippen LogP contribution is -2.39. The predicted octanol–water partition coefficient (Wildman–Crippen LogP) is 4.20. The van der Waals surface area contributed by atoms with Crippen molar-refractivity contribution in [1.29, 1.82) is 0 Å². The van der Waals surface area contributed by atoms with Crippen molar-refractivity contribution in [2.75, 3.05) is 118 Å². The van der Waals surface area contributed by atoms with Gasteiger partial charge in [0.05, 0.1) is 86.9 Å². The molecule has 0 aromatic heterocycles. The Balaban J connectivity index is 0.576. The summed E-state index contributed by atoms with van der Waals surface area (Å²) in [5.74, 6) is -0.0163. The van der Waals surface area contributed by atoms with E-state index in [1.165, 1.54) is 36.4 Å². The van der Waals surface area contributed by atoms with Gasteiger partial charge in [-0.1, -0.05) is 23.2 Å². The van der Waals surface area contributed by atoms with Crippen LogP contribution in [0.15, 0.2) is 82.6 Å². The molecule has 0 bridgehead atoms. The molecular weight excluding hydrogens is 1180 g/mol. The molecule has 8 rings (SSSR count). The van der Waals surface area contributed by atoms with Gasteiger partial charge in [-0.25, -0.2) is 44.6 Å². The summed E-state index contributed by atoms with van der Waals surface area (Å²) in [5.41, 5.74) is 2.30. The fraction of sp³-hybridized carbons (Fsp3) is 0.536. The van der Waals surface area contributed by atoms with Crippen LogP contribution in [-0.2, 0) is 51.8 Å². The molecule has 28 heteroatoms. The number of nitrogens with one attached hydrogen (secondary N) is 6. The Morgan fingerprint density at radius 1 is 0.524 bits per heavy atom. The van der Waals surface area contributed by atoms with Crippen molar-refractivity contribution in [1.82, 2.24) is 40.5 Å². The van der Waals surface area contributed by atoms with Gasteiger partial charge in [0.1, 0.15) is 35.3 Å². The molecule has 0 unspecified atom stereocenters. The molecule has 0 saturated carbocycles. The zero-order valence-corrected chi connectivity index (χ0v) is 49.5. The lowest BCUT2D eigenvalue weighted by atomic mass is 10.1. The minimum Gasteiger partial charge on any atom is -0.484 e. The SMILES string of the molecule is O=C(NCCCCNC(=O)NCCOCCOCCNS(=O)(=O)c1ccc(O[C@H]2c3cc(Cl)cc(F)c3C[C@@H]2N2CC[C@@H](O)C2)cc1)NCCOCCOCCNS(=O)(=O)c1ccc(O[C@H]2c3cc(Cl)cc(F)c3C[C@@H]2N2CC[C@@H](O)C2)cc1. The van der Waals surface area contributed by atoms with Crippen molar-refractivity contribution in [3.8, 4) is 11.5 Å². The van der Waals surface area contributed by atoms with Crippen molar-refractivity contribution < 1.29 is 73.8 Å². The molecule has 2 aliphatic carbocycles. The first-order valence-electron chi connectivity index (χ1n) is 28.1. The van der Waals surface area contributed by atoms with Crippen LogP contribution < -0.4 is 40.2 Å². The quantitative estimate of drug-likeness (QED) is 0.0311. The number of carbonyl (C=O) groups is 2. The standard InChI is InChI=1S/C56H74Cl2F2N8O14S2/c57-37-29-47-45(49(59)31-37)33-51(67-19-11-39(69)35-67)53(47)81-41-3-7-43(8-4-41)83(73,74)65-17-23-79-27-25-77-21-15-63-55(71)61-13-1-2-14-62-56(72)64-16-22-78-26-28-80-24-18-66-84(75,76)44-9-5-42(6-10-44)82-54-48-30-38(58)32-50(60)46(48)34-52(54)68-20-12-40(70)36-68/h3-10,29-32,39-40,51-54,65-66,69-70H,1-2,11-28,33-36H2,(H2,61,63,71)(H2,62,64,72)/t39-,40-,51+,52+,53+,54+/m1/s1. The topological polar surface area (TPSA) is 277 Å². The third kappa shape index (κ3) is 18.7. The molecule has 0 radical (unpaired) electrons. The van der Waals surface area contributed by atoms with Crippen LogP contribution in [0.2, 0.25) is 10.0 Å². The largest absolute Gasteiger partial charge is 0.484 e. The number of hydrogen-bond donors (Lipinski definition) is 8. The van der Waals surface area contributed by atoms with Gasteiger partial charge in [-0.3, -0.25) is 9.80 Å². The summed E-state index contributed by atoms with van der Waals surface area (Å²) in [5, 5.41) is 31.7. The molecule has 6 atom stereocenters. The van der Waals surface area contributed by atoms with Gasteiger partial charge in [-0.15, -0.1) is 0 Å². The van der Waals surface area contributed by atoms with Gasteiger partial charge in [0.2, 0.25) is 20.0 Å². The van der Waals surface area contributed by atoms with Crippen LogP contribution in [0.5, 0.6) is 11.5 Å². The van der Waals surface area contributed by atoms with Gasteiger partial charge in [0.25, 0.3) is 0 Å². The van der Waals surface area contributed by atoms with Crippen LogP contribution in [0.25, 0.3) is 0 Å². The molecule has 8 N–H and O–H groups in total. The first kappa shape index (κ1) is 64.9.